The maximum atomic E-state index is 14.7. The van der Waals surface area contributed by atoms with Crippen molar-refractivity contribution in [2.45, 2.75) is 216 Å². The van der Waals surface area contributed by atoms with Gasteiger partial charge in [-0.2, -0.15) is 0 Å². The van der Waals surface area contributed by atoms with E-state index in [1.54, 1.807) is 38.1 Å². The van der Waals surface area contributed by atoms with Gasteiger partial charge in [0.15, 0.2) is 5.96 Å². The number of carbonyl (C=O) groups excluding carboxylic acids is 11. The van der Waals surface area contributed by atoms with E-state index in [-0.39, 0.29) is 102 Å². The molecule has 6 rings (SSSR count). The van der Waals surface area contributed by atoms with Crippen LogP contribution in [-0.4, -0.2) is 224 Å². The molecule has 4 fully saturated rings. The van der Waals surface area contributed by atoms with Crippen LogP contribution < -0.4 is 65.5 Å². The number of aliphatic hydroxyl groups excluding tert-OH is 1. The van der Waals surface area contributed by atoms with Crippen molar-refractivity contribution in [2.24, 2.45) is 39.8 Å². The minimum Gasteiger partial charge on any atom is -0.480 e. The number of carboxylic acids is 1. The highest BCUT2D eigenvalue weighted by atomic mass is 35.5. The van der Waals surface area contributed by atoms with Crippen molar-refractivity contribution >= 4 is 88.5 Å². The normalized spacial score (nSPS) is 19.5. The number of rotatable bonds is 37. The zero-order valence-electron chi connectivity index (χ0n) is 56.3. The van der Waals surface area contributed by atoms with Crippen LogP contribution in [0.25, 0.3) is 0 Å². The van der Waals surface area contributed by atoms with Crippen LogP contribution in [0.2, 0.25) is 5.02 Å². The van der Waals surface area contributed by atoms with Gasteiger partial charge in [0.2, 0.25) is 65.0 Å². The molecular formula is C65H101ClN18O14. The number of aliphatic imine (C=N–C) groups is 1. The number of carbonyl (C=O) groups is 12. The van der Waals surface area contributed by atoms with E-state index in [2.05, 4.69) is 57.5 Å². The molecule has 11 atom stereocenters. The Morgan fingerprint density at radius 1 is 0.622 bits per heavy atom. The van der Waals surface area contributed by atoms with Crippen molar-refractivity contribution in [2.75, 3.05) is 45.9 Å². The molecule has 0 bridgehead atoms. The number of aliphatic carboxylic acids is 1. The number of amides is 11. The van der Waals surface area contributed by atoms with Gasteiger partial charge in [0.25, 0.3) is 0 Å². The van der Waals surface area contributed by atoms with Gasteiger partial charge in [0.1, 0.15) is 60.4 Å². The minimum absolute atomic E-state index is 0.0273. The second-order valence-electron chi connectivity index (χ2n) is 26.3. The number of imidazole rings is 1. The number of likely N-dealkylation sites (tertiary alicyclic amines) is 3. The first-order chi connectivity index (χ1) is 46.8. The Hall–Kier alpha value is -8.49. The first-order valence-corrected chi connectivity index (χ1v) is 34.5. The van der Waals surface area contributed by atoms with Crippen LogP contribution in [0.5, 0.6) is 0 Å². The van der Waals surface area contributed by atoms with Gasteiger partial charge < -0.3 is 95.4 Å². The van der Waals surface area contributed by atoms with Gasteiger partial charge in [0, 0.05) is 55.9 Å². The van der Waals surface area contributed by atoms with Crippen LogP contribution in [0.3, 0.4) is 0 Å². The third-order valence-electron chi connectivity index (χ3n) is 18.2. The Morgan fingerprint density at radius 2 is 1.18 bits per heavy atom. The number of unbranched alkanes of at least 4 members (excludes halogenated alkanes) is 1. The van der Waals surface area contributed by atoms with E-state index in [1.807, 2.05) is 0 Å². The number of nitrogens with one attached hydrogen (secondary N) is 9. The van der Waals surface area contributed by atoms with Crippen LogP contribution in [0.15, 0.2) is 41.8 Å². The predicted molar refractivity (Wildman–Crippen MR) is 360 cm³/mol. The van der Waals surface area contributed by atoms with Crippen molar-refractivity contribution in [1.29, 1.82) is 0 Å². The summed E-state index contributed by atoms with van der Waals surface area (Å²) >= 11 is 6.03. The van der Waals surface area contributed by atoms with E-state index >= 15 is 0 Å². The van der Waals surface area contributed by atoms with Crippen molar-refractivity contribution in [3.8, 4) is 0 Å². The highest BCUT2D eigenvalue weighted by Crippen LogP contribution is 2.30. The lowest BCUT2D eigenvalue weighted by Gasteiger charge is -2.33. The molecule has 3 aliphatic heterocycles. The van der Waals surface area contributed by atoms with Gasteiger partial charge in [-0.3, -0.25) is 57.7 Å². The topological polar surface area (TPSA) is 496 Å². The van der Waals surface area contributed by atoms with E-state index in [9.17, 15) is 67.7 Å². The number of aromatic amines is 1. The summed E-state index contributed by atoms with van der Waals surface area (Å²) < 4.78 is 0. The van der Waals surface area contributed by atoms with Gasteiger partial charge in [-0.05, 0) is 126 Å². The number of hydrogen-bond donors (Lipinski definition) is 15. The molecule has 3 saturated heterocycles. The monoisotopic (exact) mass is 1390 g/mol. The van der Waals surface area contributed by atoms with Crippen LogP contribution in [0.4, 0.5) is 0 Å². The minimum atomic E-state index is -1.69. The molecule has 33 heteroatoms. The molecule has 1 aliphatic carbocycles. The number of H-pyrrole nitrogens is 1. The van der Waals surface area contributed by atoms with Crippen molar-refractivity contribution in [1.82, 2.24) is 67.2 Å². The summed E-state index contributed by atoms with van der Waals surface area (Å²) in [5.41, 5.74) is 23.7. The van der Waals surface area contributed by atoms with Crippen molar-refractivity contribution in [3.63, 3.8) is 0 Å². The number of carboxylic acid groups (broad SMARTS) is 1. The first kappa shape index (κ1) is 78.5. The average molecular weight is 1390 g/mol. The standard InChI is InChI=1S/C65H101ClN18O14/c1-37(2)29-45(77-54(87)38(3)75-59(92)51-18-11-27-83(51)62(95)43(68)15-9-25-72-65(69)70)56(89)81-49(35-85)58(91)78-46(32-42-33-71-36-74-42)57(90)76-44(16-7-8-24-67)55(88)73-34-53(86)82-26-10-17-50(82)60(93)79-47(30-39-13-5-4-6-14-39)63(96)84-28-12-19-52(84)61(94)80-48(64(97)98)31-40-20-22-41(66)23-21-40/h20-23,33,36-39,43-52,85H,4-19,24-32,34-35,67-68H2,1-3H3,(H,71,74)(H,73,88)(H,75,92)(H,76,90)(H,77,87)(H,78,91)(H,79,93)(H,80,94)(H,81,89)(H,97,98)(H4,69,70,72)/t38-,43-,44-,45-,46-,47-,48-,49-,50-,51-,52-/m0/s1. The molecule has 32 nitrogen and oxygen atoms in total. The fourth-order valence-corrected chi connectivity index (χ4v) is 13.1. The summed E-state index contributed by atoms with van der Waals surface area (Å²) in [5.74, 6) is -9.22. The van der Waals surface area contributed by atoms with Crippen LogP contribution in [0.1, 0.15) is 148 Å². The lowest BCUT2D eigenvalue weighted by atomic mass is 9.84. The van der Waals surface area contributed by atoms with Gasteiger partial charge in [-0.25, -0.2) is 9.78 Å². The molecule has 1 aromatic carbocycles. The molecule has 98 heavy (non-hydrogen) atoms. The summed E-state index contributed by atoms with van der Waals surface area (Å²) in [6.07, 6.45) is 11.1. The lowest BCUT2D eigenvalue weighted by Crippen LogP contribution is -2.60. The molecule has 0 spiro atoms. The molecule has 4 aliphatic rings. The fraction of sp³-hybridized carbons (Fsp3) is 0.662. The zero-order valence-corrected chi connectivity index (χ0v) is 57.0. The van der Waals surface area contributed by atoms with Gasteiger partial charge in [0.05, 0.1) is 25.5 Å². The highest BCUT2D eigenvalue weighted by molar-refractivity contribution is 6.30. The Morgan fingerprint density at radius 3 is 1.78 bits per heavy atom. The summed E-state index contributed by atoms with van der Waals surface area (Å²) in [6, 6.07) is -6.66. The molecule has 1 saturated carbocycles. The van der Waals surface area contributed by atoms with E-state index in [4.69, 9.17) is 34.5 Å². The van der Waals surface area contributed by atoms with E-state index in [0.29, 0.717) is 61.2 Å². The Kier molecular flexibility index (Phi) is 31.4. The number of hydrogen-bond acceptors (Lipinski definition) is 17. The second kappa shape index (κ2) is 39.2. The maximum Gasteiger partial charge on any atom is 0.326 e. The summed E-state index contributed by atoms with van der Waals surface area (Å²) in [6.45, 7) is 4.50. The quantitative estimate of drug-likeness (QED) is 0.0197. The van der Waals surface area contributed by atoms with Crippen LogP contribution in [-0.2, 0) is 70.4 Å². The van der Waals surface area contributed by atoms with Crippen molar-refractivity contribution < 1.29 is 67.7 Å². The maximum absolute atomic E-state index is 14.7. The zero-order chi connectivity index (χ0) is 71.6. The predicted octanol–water partition coefficient (Wildman–Crippen LogP) is -2.05. The Balaban J connectivity index is 1.07. The third-order valence-corrected chi connectivity index (χ3v) is 18.5. The van der Waals surface area contributed by atoms with Crippen LogP contribution in [0, 0.1) is 11.8 Å². The molecule has 2 aromatic rings. The first-order valence-electron chi connectivity index (χ1n) is 34.2. The molecule has 4 heterocycles. The Bertz CT molecular complexity index is 3080. The summed E-state index contributed by atoms with van der Waals surface area (Å²) in [5, 5.41) is 42.2. The van der Waals surface area contributed by atoms with E-state index < -0.39 is 151 Å². The molecule has 11 amide bonds. The lowest BCUT2D eigenvalue weighted by molar-refractivity contribution is -0.145. The molecule has 0 unspecified atom stereocenters. The number of nitrogens with two attached hydrogens (primary N) is 4. The van der Waals surface area contributed by atoms with Crippen LogP contribution >= 0.6 is 11.6 Å². The molecule has 1 aromatic heterocycles. The van der Waals surface area contributed by atoms with Crippen molar-refractivity contribution in [3.05, 3.63) is 53.1 Å². The number of benzene rings is 1. The second-order valence-corrected chi connectivity index (χ2v) is 26.7. The molecule has 0 radical (unpaired) electrons. The third kappa shape index (κ3) is 23.9. The average Bonchev–Trinajstić information content (AvgIpc) is 1.59. The largest absolute Gasteiger partial charge is 0.480 e. The van der Waals surface area contributed by atoms with E-state index in [1.165, 1.54) is 34.1 Å². The number of halogens is 1. The SMILES string of the molecule is CC(C)C[C@H](NC(=O)[C@H](C)NC(=O)[C@@H]1CCCN1C(=O)[C@@H](N)CCCN=C(N)N)C(=O)N[C@@H](CO)C(=O)N[C@@H](Cc1cnc[nH]1)C(=O)N[C@@H](CCCCN)C(=O)NCC(=O)N1CCC[C@H]1C(=O)N[C@@H](CC1CCCCC1)C(=O)N1CCC[C@H]1C(=O)N[C@@H](Cc1ccc(Cl)cc1)C(=O)O. The van der Waals surface area contributed by atoms with Gasteiger partial charge in [-0.1, -0.05) is 69.7 Å². The highest BCUT2D eigenvalue weighted by Gasteiger charge is 2.43. The molecule has 542 valence electrons. The number of guanidine groups is 1. The Labute approximate surface area is 575 Å². The molecular weight excluding hydrogens is 1290 g/mol. The smallest absolute Gasteiger partial charge is 0.326 e. The van der Waals surface area contributed by atoms with E-state index in [0.717, 1.165) is 32.1 Å². The molecule has 19 N–H and O–H groups in total. The van der Waals surface area contributed by atoms with Gasteiger partial charge in [-0.15, -0.1) is 0 Å². The summed E-state index contributed by atoms with van der Waals surface area (Å²) in [7, 11) is 0. The van der Waals surface area contributed by atoms with Gasteiger partial charge >= 0.3 is 5.97 Å². The summed E-state index contributed by atoms with van der Waals surface area (Å²) in [4.78, 5) is 181. The fourth-order valence-electron chi connectivity index (χ4n) is 12.9. The number of aliphatic hydroxyl groups is 1. The number of nitrogens with zero attached hydrogens (tertiary/aromatic N) is 5. The number of aromatic nitrogens is 2.